The van der Waals surface area contributed by atoms with E-state index >= 15 is 0 Å². The zero-order valence-corrected chi connectivity index (χ0v) is 26.5. The average molecular weight is 637 g/mol. The van der Waals surface area contributed by atoms with Crippen molar-refractivity contribution in [1.29, 1.82) is 0 Å². The quantitative estimate of drug-likeness (QED) is 0.0633. The molecule has 0 aliphatic rings. The predicted octanol–water partition coefficient (Wildman–Crippen LogP) is 8.99. The second-order valence-electron chi connectivity index (χ2n) is 10.6. The van der Waals surface area contributed by atoms with Gasteiger partial charge < -0.3 is 10.2 Å². The lowest BCUT2D eigenvalue weighted by atomic mass is 9.93. The molecule has 3 rings (SSSR count). The highest BCUT2D eigenvalue weighted by Crippen LogP contribution is 2.25. The summed E-state index contributed by atoms with van der Waals surface area (Å²) in [5.41, 5.74) is 1.62. The first-order valence-electron chi connectivity index (χ1n) is 15.5. The Morgan fingerprint density at radius 1 is 0.630 bits per heavy atom. The Kier molecular flexibility index (Phi) is 19.2. The Balaban J connectivity index is 0.000000362. The maximum absolute atomic E-state index is 12.0. The van der Waals surface area contributed by atoms with Crippen molar-refractivity contribution in [3.05, 3.63) is 116 Å². The van der Waals surface area contributed by atoms with Crippen LogP contribution in [0, 0.1) is 20.2 Å². The van der Waals surface area contributed by atoms with Crippen molar-refractivity contribution in [3.8, 4) is 0 Å². The van der Waals surface area contributed by atoms with E-state index in [9.17, 15) is 39.7 Å². The van der Waals surface area contributed by atoms with Crippen LogP contribution in [0.1, 0.15) is 112 Å². The highest BCUT2D eigenvalue weighted by Gasteiger charge is 2.20. The van der Waals surface area contributed by atoms with Crippen LogP contribution in [0.2, 0.25) is 0 Å². The molecular formula is C35H44N2O9. The van der Waals surface area contributed by atoms with E-state index in [1.807, 2.05) is 6.07 Å². The number of aliphatic carboxylic acids is 2. The van der Waals surface area contributed by atoms with E-state index in [2.05, 4.69) is 13.8 Å². The topological polar surface area (TPSA) is 178 Å². The van der Waals surface area contributed by atoms with Crippen molar-refractivity contribution in [1.82, 2.24) is 0 Å². The van der Waals surface area contributed by atoms with Crippen LogP contribution in [0.5, 0.6) is 0 Å². The summed E-state index contributed by atoms with van der Waals surface area (Å²) >= 11 is 0. The van der Waals surface area contributed by atoms with Crippen LogP contribution in [0.25, 0.3) is 0 Å². The van der Waals surface area contributed by atoms with Gasteiger partial charge in [-0.1, -0.05) is 108 Å². The van der Waals surface area contributed by atoms with Crippen molar-refractivity contribution in [2.45, 2.75) is 90.4 Å². The van der Waals surface area contributed by atoms with Gasteiger partial charge in [0.25, 0.3) is 11.4 Å². The number of non-ortho nitro benzene ring substituents is 2. The van der Waals surface area contributed by atoms with Crippen molar-refractivity contribution < 1.29 is 34.4 Å². The highest BCUT2D eigenvalue weighted by atomic mass is 16.6. The first kappa shape index (κ1) is 39.1. The van der Waals surface area contributed by atoms with E-state index in [-0.39, 0.29) is 17.2 Å². The van der Waals surface area contributed by atoms with E-state index < -0.39 is 27.7 Å². The number of hydrogen-bond acceptors (Lipinski definition) is 7. The first-order valence-corrected chi connectivity index (χ1v) is 15.5. The van der Waals surface area contributed by atoms with Crippen molar-refractivity contribution >= 4 is 29.1 Å². The van der Waals surface area contributed by atoms with Gasteiger partial charge in [-0.25, -0.2) is 0 Å². The fourth-order valence-electron chi connectivity index (χ4n) is 4.41. The molecule has 1 atom stereocenters. The van der Waals surface area contributed by atoms with E-state index in [1.54, 1.807) is 24.3 Å². The lowest BCUT2D eigenvalue weighted by Gasteiger charge is -2.12. The monoisotopic (exact) mass is 636 g/mol. The summed E-state index contributed by atoms with van der Waals surface area (Å²) in [6.07, 6.45) is 10.6. The minimum atomic E-state index is -0.870. The maximum Gasteiger partial charge on any atom is 0.310 e. The lowest BCUT2D eigenvalue weighted by Crippen LogP contribution is -2.11. The molecule has 3 aromatic rings. The normalized spacial score (nSPS) is 10.7. The van der Waals surface area contributed by atoms with E-state index in [0.29, 0.717) is 29.5 Å². The largest absolute Gasteiger partial charge is 0.481 e. The molecule has 0 fully saturated rings. The fraction of sp³-hybridized carbons (Fsp3) is 0.400. The molecule has 11 nitrogen and oxygen atoms in total. The number of carbonyl (C=O) groups is 3. The third-order valence-electron chi connectivity index (χ3n) is 7.02. The minimum absolute atomic E-state index is 0.0149. The number of nitro benzene ring substituents is 2. The third kappa shape index (κ3) is 15.7. The molecule has 0 aliphatic heterocycles. The number of hydrogen-bond donors (Lipinski definition) is 2. The van der Waals surface area contributed by atoms with Crippen molar-refractivity contribution in [2.75, 3.05) is 0 Å². The highest BCUT2D eigenvalue weighted by molar-refractivity contribution is 6.09. The minimum Gasteiger partial charge on any atom is -0.481 e. The number of benzene rings is 3. The van der Waals surface area contributed by atoms with Crippen molar-refractivity contribution in [3.63, 3.8) is 0 Å². The fourth-order valence-corrected chi connectivity index (χ4v) is 4.41. The van der Waals surface area contributed by atoms with Gasteiger partial charge >= 0.3 is 11.9 Å². The SMILES string of the molecule is CCCCCCC(C(=O)O)c1ccc([N+](=O)[O-])cc1.CCCCCCCC(=O)O.O=C(c1ccccc1)c1ccc([N+](=O)[O-])cc1. The molecule has 11 heteroatoms. The van der Waals surface area contributed by atoms with E-state index in [0.717, 1.165) is 38.5 Å². The van der Waals surface area contributed by atoms with Gasteiger partial charge in [0.1, 0.15) is 0 Å². The molecule has 0 heterocycles. The zero-order chi connectivity index (χ0) is 34.3. The molecule has 0 saturated heterocycles. The number of carbonyl (C=O) groups excluding carboxylic acids is 1. The number of carboxylic acid groups (broad SMARTS) is 2. The number of carboxylic acids is 2. The Labute approximate surface area is 269 Å². The summed E-state index contributed by atoms with van der Waals surface area (Å²) in [6.45, 7) is 4.25. The van der Waals surface area contributed by atoms with E-state index in [4.69, 9.17) is 5.11 Å². The molecule has 1 unspecified atom stereocenters. The average Bonchev–Trinajstić information content (AvgIpc) is 3.05. The molecule has 2 N–H and O–H groups in total. The van der Waals surface area contributed by atoms with Crippen LogP contribution in [0.4, 0.5) is 11.4 Å². The molecule has 0 aliphatic carbocycles. The van der Waals surface area contributed by atoms with Gasteiger partial charge in [0.05, 0.1) is 15.8 Å². The Morgan fingerprint density at radius 2 is 1.09 bits per heavy atom. The summed E-state index contributed by atoms with van der Waals surface area (Å²) in [5.74, 6) is -2.25. The number of rotatable bonds is 17. The number of unbranched alkanes of at least 4 members (excludes halogenated alkanes) is 7. The Hall–Kier alpha value is -4.93. The van der Waals surface area contributed by atoms with Crippen LogP contribution in [-0.2, 0) is 9.59 Å². The van der Waals surface area contributed by atoms with Crippen molar-refractivity contribution in [2.24, 2.45) is 0 Å². The maximum atomic E-state index is 12.0. The summed E-state index contributed by atoms with van der Waals surface area (Å²) < 4.78 is 0. The number of nitrogens with zero attached hydrogens (tertiary/aromatic N) is 2. The van der Waals surface area contributed by atoms with Crippen LogP contribution in [0.15, 0.2) is 78.9 Å². The smallest absolute Gasteiger partial charge is 0.310 e. The molecule has 46 heavy (non-hydrogen) atoms. The standard InChI is InChI=1S/C14H19NO4.C13H9NO3.C8H16O2/c1-2-3-4-5-6-13(14(16)17)11-7-9-12(10-8-11)15(18)19;15-13(10-4-2-1-3-5-10)11-6-8-12(9-7-11)14(16)17;1-2-3-4-5-6-7-8(9)10/h7-10,13H,2-6H2,1H3,(H,16,17);1-9H;2-7H2,1H3,(H,9,10). The molecule has 0 saturated carbocycles. The van der Waals surface area contributed by atoms with Gasteiger partial charge in [-0.15, -0.1) is 0 Å². The van der Waals surface area contributed by atoms with Gasteiger partial charge in [-0.2, -0.15) is 0 Å². The van der Waals surface area contributed by atoms with Gasteiger partial charge in [0, 0.05) is 41.8 Å². The first-order chi connectivity index (χ1) is 22.0. The van der Waals surface area contributed by atoms with E-state index in [1.165, 1.54) is 67.8 Å². The summed E-state index contributed by atoms with van der Waals surface area (Å²) in [6, 6.07) is 20.2. The Bertz CT molecular complexity index is 1360. The van der Waals surface area contributed by atoms with Gasteiger partial charge in [-0.05, 0) is 30.5 Å². The molecule has 3 aromatic carbocycles. The molecule has 0 bridgehead atoms. The molecule has 0 spiro atoms. The van der Waals surface area contributed by atoms with Crippen LogP contribution < -0.4 is 0 Å². The number of ketones is 1. The van der Waals surface area contributed by atoms with Gasteiger partial charge in [0.15, 0.2) is 5.78 Å². The van der Waals surface area contributed by atoms with Crippen LogP contribution in [-0.4, -0.2) is 37.8 Å². The third-order valence-corrected chi connectivity index (χ3v) is 7.02. The number of nitro groups is 2. The molecular weight excluding hydrogens is 592 g/mol. The zero-order valence-electron chi connectivity index (χ0n) is 26.5. The molecule has 248 valence electrons. The lowest BCUT2D eigenvalue weighted by molar-refractivity contribution is -0.385. The summed E-state index contributed by atoms with van der Waals surface area (Å²) in [5, 5.41) is 38.5. The molecule has 0 radical (unpaired) electrons. The predicted molar refractivity (Wildman–Crippen MR) is 176 cm³/mol. The van der Waals surface area contributed by atoms with Gasteiger partial charge in [0.2, 0.25) is 0 Å². The second-order valence-corrected chi connectivity index (χ2v) is 10.6. The van der Waals surface area contributed by atoms with Crippen LogP contribution >= 0.6 is 0 Å². The van der Waals surface area contributed by atoms with Crippen LogP contribution in [0.3, 0.4) is 0 Å². The summed E-state index contributed by atoms with van der Waals surface area (Å²) in [4.78, 5) is 53.3. The molecule has 0 amide bonds. The Morgan fingerprint density at radius 3 is 1.54 bits per heavy atom. The van der Waals surface area contributed by atoms with Gasteiger partial charge in [-0.3, -0.25) is 34.6 Å². The summed E-state index contributed by atoms with van der Waals surface area (Å²) in [7, 11) is 0. The second kappa shape index (κ2) is 22.6. The molecule has 0 aromatic heterocycles.